The summed E-state index contributed by atoms with van der Waals surface area (Å²) in [5, 5.41) is 14.1. The molecule has 0 bridgehead atoms. The second-order valence-corrected chi connectivity index (χ2v) is 9.72. The average Bonchev–Trinajstić information content (AvgIpc) is 3.23. The fourth-order valence-corrected chi connectivity index (χ4v) is 6.16. The summed E-state index contributed by atoms with van der Waals surface area (Å²) in [5.41, 5.74) is 2.09. The predicted octanol–water partition coefficient (Wildman–Crippen LogP) is 3.06. The molecule has 8 nitrogen and oxygen atoms in total. The maximum Gasteiger partial charge on any atom is 0.278 e. The van der Waals surface area contributed by atoms with Crippen LogP contribution in [0.3, 0.4) is 0 Å². The van der Waals surface area contributed by atoms with Crippen molar-refractivity contribution >= 4 is 21.8 Å². The van der Waals surface area contributed by atoms with Crippen molar-refractivity contribution in [3.05, 3.63) is 86.5 Å². The van der Waals surface area contributed by atoms with Crippen LogP contribution in [0.1, 0.15) is 41.6 Å². The number of piperidine rings is 1. The lowest BCUT2D eigenvalue weighted by Gasteiger charge is -2.44. The third-order valence-electron chi connectivity index (χ3n) is 7.25. The molecule has 2 aromatic heterocycles. The van der Waals surface area contributed by atoms with Gasteiger partial charge < -0.3 is 0 Å². The number of hydrogen-bond donors (Lipinski definition) is 2. The van der Waals surface area contributed by atoms with Crippen molar-refractivity contribution < 1.29 is 10.0 Å². The van der Waals surface area contributed by atoms with Crippen molar-refractivity contribution in [2.75, 3.05) is 19.6 Å². The number of carbonyl (C=O) groups is 1. The number of aromatic amines is 1. The molecule has 172 valence electrons. The van der Waals surface area contributed by atoms with Crippen molar-refractivity contribution in [2.24, 2.45) is 12.5 Å². The topological polar surface area (TPSA) is 94.5 Å². The summed E-state index contributed by atoms with van der Waals surface area (Å²) in [7, 11) is 1.84. The van der Waals surface area contributed by atoms with Gasteiger partial charge in [-0.15, -0.1) is 0 Å². The lowest BCUT2D eigenvalue weighted by Crippen LogP contribution is -2.47. The van der Waals surface area contributed by atoms with Crippen molar-refractivity contribution in [3.8, 4) is 0 Å². The normalized spacial score (nSPS) is 21.6. The zero-order chi connectivity index (χ0) is 23.2. The number of halogens is 1. The first kappa shape index (κ1) is 22.1. The highest BCUT2D eigenvalue weighted by molar-refractivity contribution is 9.10. The van der Waals surface area contributed by atoms with E-state index in [0.29, 0.717) is 30.4 Å². The number of rotatable bonds is 4. The maximum atomic E-state index is 13.2. The number of carbonyl (C=O) groups excluding carboxylic acids is 1. The van der Waals surface area contributed by atoms with Crippen LogP contribution in [-0.4, -0.2) is 55.5 Å². The van der Waals surface area contributed by atoms with Crippen LogP contribution in [0.15, 0.2) is 64.1 Å². The Morgan fingerprint density at radius 1 is 1.15 bits per heavy atom. The molecule has 1 amide bonds. The molecule has 2 N–H and O–H groups in total. The zero-order valence-electron chi connectivity index (χ0n) is 18.3. The average molecular weight is 512 g/mol. The first-order valence-electron chi connectivity index (χ1n) is 11.1. The van der Waals surface area contributed by atoms with Gasteiger partial charge in [0.1, 0.15) is 4.47 Å². The Bertz CT molecular complexity index is 1200. The van der Waals surface area contributed by atoms with Crippen LogP contribution in [0.5, 0.6) is 0 Å². The molecule has 33 heavy (non-hydrogen) atoms. The lowest BCUT2D eigenvalue weighted by molar-refractivity contribution is -0.166. The van der Waals surface area contributed by atoms with Gasteiger partial charge in [0, 0.05) is 38.4 Å². The molecule has 0 radical (unpaired) electrons. The van der Waals surface area contributed by atoms with Gasteiger partial charge in [-0.05, 0) is 46.0 Å². The van der Waals surface area contributed by atoms with E-state index >= 15 is 0 Å². The largest absolute Gasteiger partial charge is 0.291 e. The minimum Gasteiger partial charge on any atom is -0.291 e. The van der Waals surface area contributed by atoms with Gasteiger partial charge in [-0.1, -0.05) is 36.4 Å². The number of aromatic nitrogens is 3. The quantitative estimate of drug-likeness (QED) is 0.525. The van der Waals surface area contributed by atoms with Gasteiger partial charge in [0.25, 0.3) is 11.5 Å². The molecule has 3 aromatic rings. The van der Waals surface area contributed by atoms with E-state index < -0.39 is 5.41 Å². The highest BCUT2D eigenvalue weighted by Crippen LogP contribution is 2.51. The van der Waals surface area contributed by atoms with Crippen LogP contribution >= 0.6 is 15.9 Å². The number of likely N-dealkylation sites (tertiary alicyclic amines) is 1. The smallest absolute Gasteiger partial charge is 0.278 e. The molecule has 2 atom stereocenters. The van der Waals surface area contributed by atoms with Gasteiger partial charge in [-0.2, -0.15) is 0 Å². The number of nitrogens with one attached hydrogen (secondary N) is 1. The van der Waals surface area contributed by atoms with E-state index in [9.17, 15) is 14.8 Å². The summed E-state index contributed by atoms with van der Waals surface area (Å²) in [5.74, 6) is -0.313. The summed E-state index contributed by atoms with van der Waals surface area (Å²) in [6, 6.07) is 13.8. The molecule has 9 heteroatoms. The second-order valence-electron chi connectivity index (χ2n) is 8.93. The molecule has 2 fully saturated rings. The fourth-order valence-electron chi connectivity index (χ4n) is 5.59. The van der Waals surface area contributed by atoms with Crippen LogP contribution < -0.4 is 5.56 Å². The lowest BCUT2D eigenvalue weighted by atomic mass is 9.68. The summed E-state index contributed by atoms with van der Waals surface area (Å²) in [6.07, 6.45) is 4.74. The van der Waals surface area contributed by atoms with Crippen molar-refractivity contribution in [1.29, 1.82) is 0 Å². The van der Waals surface area contributed by atoms with Crippen LogP contribution in [0.4, 0.5) is 0 Å². The van der Waals surface area contributed by atoms with E-state index in [1.807, 2.05) is 37.4 Å². The summed E-state index contributed by atoms with van der Waals surface area (Å²) >= 11 is 3.49. The molecule has 1 spiro atoms. The number of benzene rings is 1. The Labute approximate surface area is 199 Å². The third-order valence-corrected chi connectivity index (χ3v) is 8.02. The third kappa shape index (κ3) is 3.64. The molecule has 2 aliphatic heterocycles. The number of nitrogens with zero attached hydrogens (tertiary/aromatic N) is 4. The fraction of sp³-hybridized carbons (Fsp3) is 0.375. The summed E-state index contributed by atoms with van der Waals surface area (Å²) < 4.78 is 2.29. The molecule has 2 aliphatic rings. The van der Waals surface area contributed by atoms with Crippen LogP contribution in [0, 0.1) is 5.41 Å². The number of hydrogen-bond acceptors (Lipinski definition) is 5. The summed E-state index contributed by atoms with van der Waals surface area (Å²) in [4.78, 5) is 32.1. The Morgan fingerprint density at radius 3 is 2.48 bits per heavy atom. The molecular formula is C24H26BrN5O3. The van der Waals surface area contributed by atoms with Gasteiger partial charge in [-0.25, -0.2) is 5.06 Å². The van der Waals surface area contributed by atoms with E-state index in [2.05, 4.69) is 43.0 Å². The maximum absolute atomic E-state index is 13.2. The molecule has 2 unspecified atom stereocenters. The minimum absolute atomic E-state index is 0.107. The SMILES string of the molecule is Cn1[nH]c(=O)c(Br)c1C(c1ccccc1)N1CCC2(CC1)C(=O)N(O)CC2c1cccnc1. The zero-order valence-corrected chi connectivity index (χ0v) is 19.9. The number of amides is 1. The summed E-state index contributed by atoms with van der Waals surface area (Å²) in [6.45, 7) is 1.59. The van der Waals surface area contributed by atoms with E-state index in [1.165, 1.54) is 0 Å². The first-order chi connectivity index (χ1) is 15.9. The van der Waals surface area contributed by atoms with Gasteiger partial charge >= 0.3 is 0 Å². The van der Waals surface area contributed by atoms with Gasteiger partial charge in [0.15, 0.2) is 0 Å². The van der Waals surface area contributed by atoms with Crippen molar-refractivity contribution in [1.82, 2.24) is 24.7 Å². The molecule has 0 aliphatic carbocycles. The first-order valence-corrected chi connectivity index (χ1v) is 11.9. The minimum atomic E-state index is -0.656. The van der Waals surface area contributed by atoms with E-state index in [-0.39, 0.29) is 30.0 Å². The van der Waals surface area contributed by atoms with Crippen molar-refractivity contribution in [2.45, 2.75) is 24.8 Å². The molecule has 4 heterocycles. The van der Waals surface area contributed by atoms with E-state index in [1.54, 1.807) is 17.1 Å². The van der Waals surface area contributed by atoms with E-state index in [4.69, 9.17) is 0 Å². The number of pyridine rings is 1. The molecule has 2 saturated heterocycles. The Kier molecular flexibility index (Phi) is 5.72. The Morgan fingerprint density at radius 2 is 1.88 bits per heavy atom. The molecule has 1 aromatic carbocycles. The Hall–Kier alpha value is -2.75. The predicted molar refractivity (Wildman–Crippen MR) is 126 cm³/mol. The second kappa shape index (κ2) is 8.55. The number of H-pyrrole nitrogens is 1. The van der Waals surface area contributed by atoms with Gasteiger partial charge in [-0.3, -0.25) is 34.5 Å². The van der Waals surface area contributed by atoms with Gasteiger partial charge in [0.2, 0.25) is 0 Å². The van der Waals surface area contributed by atoms with Gasteiger partial charge in [0.05, 0.1) is 23.7 Å². The molecule has 0 saturated carbocycles. The highest BCUT2D eigenvalue weighted by atomic mass is 79.9. The van der Waals surface area contributed by atoms with Crippen LogP contribution in [0.2, 0.25) is 0 Å². The monoisotopic (exact) mass is 511 g/mol. The number of aryl methyl sites for hydroxylation is 1. The molecule has 5 rings (SSSR count). The standard InChI is InChI=1S/C24H26BrN5O3/c1-28-21(19(25)22(31)27-28)20(16-6-3-2-4-7-16)29-12-9-24(10-13-29)18(15-30(33)23(24)32)17-8-5-11-26-14-17/h2-8,11,14,18,20,33H,9-10,12-13,15H2,1H3,(H,27,31). The Balaban J connectivity index is 1.49. The van der Waals surface area contributed by atoms with Crippen molar-refractivity contribution in [3.63, 3.8) is 0 Å². The number of hydroxylamine groups is 2. The van der Waals surface area contributed by atoms with E-state index in [0.717, 1.165) is 21.9 Å². The highest BCUT2D eigenvalue weighted by Gasteiger charge is 2.56. The molecular weight excluding hydrogens is 486 g/mol. The van der Waals surface area contributed by atoms with Crippen LogP contribution in [-0.2, 0) is 11.8 Å². The van der Waals surface area contributed by atoms with Crippen LogP contribution in [0.25, 0.3) is 0 Å².